The van der Waals surface area contributed by atoms with Crippen molar-refractivity contribution in [3.05, 3.63) is 29.8 Å². The van der Waals surface area contributed by atoms with E-state index in [1.54, 1.807) is 24.3 Å². The van der Waals surface area contributed by atoms with Gasteiger partial charge in [-0.3, -0.25) is 4.79 Å². The second-order valence-electron chi connectivity index (χ2n) is 4.79. The number of benzene rings is 1. The number of hydrogen-bond donors (Lipinski definition) is 3. The van der Waals surface area contributed by atoms with Gasteiger partial charge in [0.15, 0.2) is 6.10 Å². The molecule has 3 N–H and O–H groups in total. The first-order chi connectivity index (χ1) is 9.40. The standard InChI is InChI=1S/C14H19NO5/c1-9(2)8-20-11-5-3-10(4-6-11)13(17)15-7-12(16)14(18)19/h3-6,9,12,16H,7-8H2,1-2H3,(H,15,17)(H,18,19)/t12-/m0/s1. The van der Waals surface area contributed by atoms with Crippen LogP contribution < -0.4 is 10.1 Å². The highest BCUT2D eigenvalue weighted by Gasteiger charge is 2.14. The molecular formula is C14H19NO5. The Morgan fingerprint density at radius 3 is 2.35 bits per heavy atom. The van der Waals surface area contributed by atoms with Crippen LogP contribution in [-0.2, 0) is 4.79 Å². The van der Waals surface area contributed by atoms with Gasteiger partial charge in [0.25, 0.3) is 5.91 Å². The van der Waals surface area contributed by atoms with Gasteiger partial charge in [0.05, 0.1) is 13.2 Å². The van der Waals surface area contributed by atoms with Crippen molar-refractivity contribution in [2.45, 2.75) is 20.0 Å². The molecule has 0 saturated heterocycles. The number of carbonyl (C=O) groups is 2. The van der Waals surface area contributed by atoms with Gasteiger partial charge in [-0.15, -0.1) is 0 Å². The van der Waals surface area contributed by atoms with Crippen LogP contribution in [0.4, 0.5) is 0 Å². The third-order valence-corrected chi connectivity index (χ3v) is 2.44. The van der Waals surface area contributed by atoms with Gasteiger partial charge in [0.2, 0.25) is 0 Å². The van der Waals surface area contributed by atoms with Gasteiger partial charge in [-0.1, -0.05) is 13.8 Å². The fourth-order valence-electron chi connectivity index (χ4n) is 1.34. The van der Waals surface area contributed by atoms with Crippen molar-refractivity contribution >= 4 is 11.9 Å². The molecule has 0 aliphatic rings. The zero-order valence-corrected chi connectivity index (χ0v) is 11.5. The molecule has 0 unspecified atom stereocenters. The van der Waals surface area contributed by atoms with Crippen LogP contribution in [0.25, 0.3) is 0 Å². The van der Waals surface area contributed by atoms with Crippen LogP contribution >= 0.6 is 0 Å². The molecule has 0 heterocycles. The molecule has 0 fully saturated rings. The van der Waals surface area contributed by atoms with Crippen molar-refractivity contribution in [1.82, 2.24) is 5.32 Å². The van der Waals surface area contributed by atoms with Crippen LogP contribution in [0, 0.1) is 5.92 Å². The van der Waals surface area contributed by atoms with E-state index < -0.39 is 18.0 Å². The number of amides is 1. The van der Waals surface area contributed by atoms with Crippen LogP contribution in [0.1, 0.15) is 24.2 Å². The monoisotopic (exact) mass is 281 g/mol. The van der Waals surface area contributed by atoms with Crippen LogP contribution in [0.3, 0.4) is 0 Å². The second-order valence-corrected chi connectivity index (χ2v) is 4.79. The minimum absolute atomic E-state index is 0.334. The Labute approximate surface area is 117 Å². The largest absolute Gasteiger partial charge is 0.493 e. The highest BCUT2D eigenvalue weighted by atomic mass is 16.5. The topological polar surface area (TPSA) is 95.9 Å². The lowest BCUT2D eigenvalue weighted by Crippen LogP contribution is -2.36. The first-order valence-corrected chi connectivity index (χ1v) is 6.32. The van der Waals surface area contributed by atoms with Crippen molar-refractivity contribution in [2.75, 3.05) is 13.2 Å². The van der Waals surface area contributed by atoms with E-state index in [0.29, 0.717) is 23.8 Å². The van der Waals surface area contributed by atoms with Crippen LogP contribution in [0.15, 0.2) is 24.3 Å². The summed E-state index contributed by atoms with van der Waals surface area (Å²) >= 11 is 0. The fourth-order valence-corrected chi connectivity index (χ4v) is 1.34. The predicted molar refractivity (Wildman–Crippen MR) is 72.8 cm³/mol. The molecule has 6 heteroatoms. The number of rotatable bonds is 7. The fraction of sp³-hybridized carbons (Fsp3) is 0.429. The van der Waals surface area contributed by atoms with Crippen LogP contribution in [0.2, 0.25) is 0 Å². The van der Waals surface area contributed by atoms with Crippen LogP contribution in [-0.4, -0.2) is 41.3 Å². The average Bonchev–Trinajstić information content (AvgIpc) is 2.42. The Kier molecular flexibility index (Phi) is 5.99. The minimum atomic E-state index is -1.60. The first kappa shape index (κ1) is 16.0. The molecule has 0 spiro atoms. The molecule has 1 rings (SSSR count). The number of aliphatic hydroxyl groups is 1. The highest BCUT2D eigenvalue weighted by molar-refractivity contribution is 5.94. The number of nitrogens with one attached hydrogen (secondary N) is 1. The maximum atomic E-state index is 11.7. The molecular weight excluding hydrogens is 262 g/mol. The van der Waals surface area contributed by atoms with Crippen molar-refractivity contribution in [3.63, 3.8) is 0 Å². The Bertz CT molecular complexity index is 455. The molecule has 0 radical (unpaired) electrons. The van der Waals surface area contributed by atoms with E-state index in [0.717, 1.165) is 0 Å². The van der Waals surface area contributed by atoms with Gasteiger partial charge < -0.3 is 20.3 Å². The predicted octanol–water partition coefficient (Wildman–Crippen LogP) is 0.897. The summed E-state index contributed by atoms with van der Waals surface area (Å²) in [6, 6.07) is 6.51. The zero-order chi connectivity index (χ0) is 15.1. The molecule has 1 aromatic rings. The minimum Gasteiger partial charge on any atom is -0.493 e. The van der Waals surface area contributed by atoms with Crippen molar-refractivity contribution in [2.24, 2.45) is 5.92 Å². The van der Waals surface area contributed by atoms with Gasteiger partial charge in [-0.05, 0) is 30.2 Å². The quantitative estimate of drug-likeness (QED) is 0.690. The van der Waals surface area contributed by atoms with Gasteiger partial charge >= 0.3 is 5.97 Å². The summed E-state index contributed by atoms with van der Waals surface area (Å²) in [5.41, 5.74) is 0.375. The molecule has 0 aliphatic carbocycles. The van der Waals surface area contributed by atoms with E-state index >= 15 is 0 Å². The van der Waals surface area contributed by atoms with Gasteiger partial charge in [0.1, 0.15) is 5.75 Å². The summed E-state index contributed by atoms with van der Waals surface area (Å²) in [6.07, 6.45) is -1.60. The summed E-state index contributed by atoms with van der Waals surface area (Å²) in [4.78, 5) is 22.1. The molecule has 1 amide bonds. The third kappa shape index (κ3) is 5.27. The molecule has 1 atom stereocenters. The molecule has 0 bridgehead atoms. The smallest absolute Gasteiger partial charge is 0.334 e. The summed E-state index contributed by atoms with van der Waals surface area (Å²) in [6.45, 7) is 4.33. The van der Waals surface area contributed by atoms with E-state index in [1.807, 2.05) is 13.8 Å². The lowest BCUT2D eigenvalue weighted by molar-refractivity contribution is -0.146. The third-order valence-electron chi connectivity index (χ3n) is 2.44. The van der Waals surface area contributed by atoms with Crippen molar-refractivity contribution < 1.29 is 24.5 Å². The van der Waals surface area contributed by atoms with E-state index in [-0.39, 0.29) is 6.54 Å². The number of carbonyl (C=O) groups excluding carboxylic acids is 1. The number of aliphatic hydroxyl groups excluding tert-OH is 1. The molecule has 0 saturated carbocycles. The Hall–Kier alpha value is -2.08. The van der Waals surface area contributed by atoms with E-state index in [2.05, 4.69) is 5.32 Å². The number of aliphatic carboxylic acids is 1. The maximum Gasteiger partial charge on any atom is 0.334 e. The lowest BCUT2D eigenvalue weighted by Gasteiger charge is -2.10. The molecule has 20 heavy (non-hydrogen) atoms. The highest BCUT2D eigenvalue weighted by Crippen LogP contribution is 2.13. The molecule has 0 aliphatic heterocycles. The Balaban J connectivity index is 2.51. The Morgan fingerprint density at radius 1 is 1.25 bits per heavy atom. The van der Waals surface area contributed by atoms with Gasteiger partial charge in [0, 0.05) is 5.56 Å². The van der Waals surface area contributed by atoms with Crippen molar-refractivity contribution in [1.29, 1.82) is 0 Å². The first-order valence-electron chi connectivity index (χ1n) is 6.32. The van der Waals surface area contributed by atoms with Gasteiger partial charge in [-0.2, -0.15) is 0 Å². The maximum absolute atomic E-state index is 11.7. The number of ether oxygens (including phenoxy) is 1. The van der Waals surface area contributed by atoms with E-state index in [9.17, 15) is 9.59 Å². The molecule has 1 aromatic carbocycles. The second kappa shape index (κ2) is 7.49. The normalized spacial score (nSPS) is 12.0. The van der Waals surface area contributed by atoms with E-state index in [4.69, 9.17) is 14.9 Å². The van der Waals surface area contributed by atoms with E-state index in [1.165, 1.54) is 0 Å². The molecule has 0 aromatic heterocycles. The van der Waals surface area contributed by atoms with Crippen molar-refractivity contribution in [3.8, 4) is 5.75 Å². The molecule has 6 nitrogen and oxygen atoms in total. The summed E-state index contributed by atoms with van der Waals surface area (Å²) in [7, 11) is 0. The number of hydrogen-bond acceptors (Lipinski definition) is 4. The van der Waals surface area contributed by atoms with Crippen LogP contribution in [0.5, 0.6) is 5.75 Å². The Morgan fingerprint density at radius 2 is 1.85 bits per heavy atom. The number of carboxylic acid groups (broad SMARTS) is 1. The number of carboxylic acids is 1. The summed E-state index contributed by atoms with van der Waals surface area (Å²) in [5, 5.41) is 19.9. The SMILES string of the molecule is CC(C)COc1ccc(C(=O)NC[C@H](O)C(=O)O)cc1. The molecule has 110 valence electrons. The zero-order valence-electron chi connectivity index (χ0n) is 11.5. The summed E-state index contributed by atoms with van der Waals surface area (Å²) in [5.74, 6) is -0.736. The summed E-state index contributed by atoms with van der Waals surface area (Å²) < 4.78 is 5.48. The van der Waals surface area contributed by atoms with Gasteiger partial charge in [-0.25, -0.2) is 4.79 Å². The average molecular weight is 281 g/mol. The lowest BCUT2D eigenvalue weighted by atomic mass is 10.2.